The number of nitro benzene ring substituents is 1. The Morgan fingerprint density at radius 3 is 2.48 bits per heavy atom. The van der Waals surface area contributed by atoms with E-state index in [-0.39, 0.29) is 54.3 Å². The van der Waals surface area contributed by atoms with Gasteiger partial charge in [0, 0.05) is 51.3 Å². The molecule has 0 aliphatic carbocycles. The molecular weight excluding hydrogens is 444 g/mol. The molecule has 0 atom stereocenters. The Morgan fingerprint density at radius 1 is 1.23 bits per heavy atom. The summed E-state index contributed by atoms with van der Waals surface area (Å²) in [6, 6.07) is 4.98. The summed E-state index contributed by atoms with van der Waals surface area (Å²) in [6.45, 7) is 4.80. The molecule has 3 rings (SSSR count). The smallest absolute Gasteiger partial charge is 0.270 e. The largest absolute Gasteiger partial charge is 0.339 e. The molecule has 2 heterocycles. The van der Waals surface area contributed by atoms with E-state index < -0.39 is 14.9 Å². The van der Waals surface area contributed by atoms with Crippen molar-refractivity contribution in [2.75, 3.05) is 31.9 Å². The van der Waals surface area contributed by atoms with Crippen LogP contribution in [0.15, 0.2) is 34.3 Å². The highest BCUT2D eigenvalue weighted by Crippen LogP contribution is 2.23. The predicted octanol–water partition coefficient (Wildman–Crippen LogP) is 1.47. The van der Waals surface area contributed by atoms with Gasteiger partial charge in [0.15, 0.2) is 5.16 Å². The molecule has 0 radical (unpaired) electrons. The maximum Gasteiger partial charge on any atom is 0.270 e. The molecule has 0 unspecified atom stereocenters. The maximum absolute atomic E-state index is 12.8. The number of amides is 1. The number of carbonyl (C=O) groups excluding carboxylic acids is 1. The van der Waals surface area contributed by atoms with Crippen molar-refractivity contribution in [1.82, 2.24) is 24.0 Å². The van der Waals surface area contributed by atoms with Crippen molar-refractivity contribution in [2.24, 2.45) is 7.05 Å². The van der Waals surface area contributed by atoms with Crippen LogP contribution in [0.25, 0.3) is 0 Å². The van der Waals surface area contributed by atoms with Crippen molar-refractivity contribution in [2.45, 2.75) is 29.8 Å². The zero-order chi connectivity index (χ0) is 22.8. The predicted molar refractivity (Wildman–Crippen MR) is 114 cm³/mol. The Kier molecular flexibility index (Phi) is 6.96. The van der Waals surface area contributed by atoms with Crippen LogP contribution in [-0.4, -0.2) is 75.1 Å². The number of aromatic nitrogens is 3. The molecule has 31 heavy (non-hydrogen) atoms. The van der Waals surface area contributed by atoms with Gasteiger partial charge in [-0.05, 0) is 6.07 Å². The molecule has 13 heteroatoms. The Balaban J connectivity index is 1.58. The monoisotopic (exact) mass is 468 g/mol. The lowest BCUT2D eigenvalue weighted by Crippen LogP contribution is -2.51. The van der Waals surface area contributed by atoms with Crippen molar-refractivity contribution in [3.63, 3.8) is 0 Å². The molecule has 1 aromatic heterocycles. The lowest BCUT2D eigenvalue weighted by molar-refractivity contribution is -0.385. The van der Waals surface area contributed by atoms with E-state index in [9.17, 15) is 23.3 Å². The van der Waals surface area contributed by atoms with Crippen LogP contribution >= 0.6 is 11.8 Å². The van der Waals surface area contributed by atoms with Gasteiger partial charge in [-0.25, -0.2) is 8.42 Å². The van der Waals surface area contributed by atoms with Crippen LogP contribution in [0, 0.1) is 10.1 Å². The number of hydrogen-bond donors (Lipinski definition) is 0. The second-order valence-electron chi connectivity index (χ2n) is 7.38. The van der Waals surface area contributed by atoms with E-state index in [1.807, 2.05) is 25.5 Å². The third kappa shape index (κ3) is 5.05. The summed E-state index contributed by atoms with van der Waals surface area (Å²) in [4.78, 5) is 24.4. The first-order valence-corrected chi connectivity index (χ1v) is 12.1. The van der Waals surface area contributed by atoms with Crippen molar-refractivity contribution in [3.05, 3.63) is 40.2 Å². The van der Waals surface area contributed by atoms with Gasteiger partial charge < -0.3 is 9.47 Å². The highest BCUT2D eigenvalue weighted by Gasteiger charge is 2.31. The van der Waals surface area contributed by atoms with Gasteiger partial charge in [0.25, 0.3) is 5.69 Å². The zero-order valence-electron chi connectivity index (χ0n) is 17.5. The van der Waals surface area contributed by atoms with Gasteiger partial charge in [0.1, 0.15) is 5.82 Å². The minimum Gasteiger partial charge on any atom is -0.339 e. The fourth-order valence-electron chi connectivity index (χ4n) is 3.26. The van der Waals surface area contributed by atoms with Crippen LogP contribution < -0.4 is 0 Å². The number of hydrogen-bond acceptors (Lipinski definition) is 8. The number of sulfonamides is 1. The normalized spacial score (nSPS) is 15.4. The summed E-state index contributed by atoms with van der Waals surface area (Å²) in [5.41, 5.74) is -0.281. The molecule has 2 aromatic rings. The van der Waals surface area contributed by atoms with Crippen LogP contribution in [0.4, 0.5) is 5.69 Å². The minimum atomic E-state index is -3.87. The molecule has 1 aliphatic heterocycles. The first kappa shape index (κ1) is 23.2. The van der Waals surface area contributed by atoms with E-state index in [1.54, 1.807) is 4.90 Å². The van der Waals surface area contributed by atoms with Crippen LogP contribution in [-0.2, 0) is 21.9 Å². The first-order chi connectivity index (χ1) is 14.6. The van der Waals surface area contributed by atoms with E-state index in [1.165, 1.54) is 34.3 Å². The molecule has 0 N–H and O–H groups in total. The topological polar surface area (TPSA) is 132 Å². The van der Waals surface area contributed by atoms with Crippen molar-refractivity contribution < 1.29 is 18.1 Å². The van der Waals surface area contributed by atoms with Crippen LogP contribution in [0.1, 0.15) is 25.6 Å². The average Bonchev–Trinajstić information content (AvgIpc) is 3.12. The summed E-state index contributed by atoms with van der Waals surface area (Å²) in [5.74, 6) is 1.15. The number of non-ortho nitro benzene ring substituents is 1. The van der Waals surface area contributed by atoms with Gasteiger partial charge in [0.05, 0.1) is 15.6 Å². The van der Waals surface area contributed by atoms with Gasteiger partial charge in [0.2, 0.25) is 15.9 Å². The lowest BCUT2D eigenvalue weighted by atomic mass is 10.2. The van der Waals surface area contributed by atoms with E-state index in [0.717, 1.165) is 11.9 Å². The summed E-state index contributed by atoms with van der Waals surface area (Å²) >= 11 is 1.30. The second kappa shape index (κ2) is 9.32. The Morgan fingerprint density at radius 2 is 1.90 bits per heavy atom. The van der Waals surface area contributed by atoms with E-state index in [0.29, 0.717) is 5.16 Å². The van der Waals surface area contributed by atoms with Crippen LogP contribution in [0.2, 0.25) is 0 Å². The van der Waals surface area contributed by atoms with E-state index in [4.69, 9.17) is 0 Å². The molecule has 1 saturated heterocycles. The van der Waals surface area contributed by atoms with Gasteiger partial charge in [-0.1, -0.05) is 31.7 Å². The number of piperazine rings is 1. The molecule has 11 nitrogen and oxygen atoms in total. The number of benzene rings is 1. The first-order valence-electron chi connectivity index (χ1n) is 9.65. The molecule has 1 aromatic carbocycles. The molecule has 1 aliphatic rings. The van der Waals surface area contributed by atoms with Gasteiger partial charge >= 0.3 is 0 Å². The molecule has 1 amide bonds. The molecule has 0 spiro atoms. The van der Waals surface area contributed by atoms with Crippen molar-refractivity contribution in [1.29, 1.82) is 0 Å². The van der Waals surface area contributed by atoms with Crippen LogP contribution in [0.3, 0.4) is 0 Å². The fourth-order valence-corrected chi connectivity index (χ4v) is 5.54. The number of carbonyl (C=O) groups is 1. The van der Waals surface area contributed by atoms with Gasteiger partial charge in [-0.15, -0.1) is 10.2 Å². The standard InChI is InChI=1S/C18H24N6O5S2/c1-13(2)17-19-20-18(21(17)3)30-12-16(25)22-7-9-23(10-8-22)31(28,29)15-6-4-5-14(11-15)24(26)27/h4-6,11,13H,7-10,12H2,1-3H3. The Labute approximate surface area is 184 Å². The van der Waals surface area contributed by atoms with E-state index in [2.05, 4.69) is 10.2 Å². The highest BCUT2D eigenvalue weighted by atomic mass is 32.2. The fraction of sp³-hybridized carbons (Fsp3) is 0.500. The highest BCUT2D eigenvalue weighted by molar-refractivity contribution is 7.99. The third-order valence-corrected chi connectivity index (χ3v) is 7.87. The summed E-state index contributed by atoms with van der Waals surface area (Å²) in [6.07, 6.45) is 0. The quantitative estimate of drug-likeness (QED) is 0.339. The Hall–Kier alpha value is -2.51. The second-order valence-corrected chi connectivity index (χ2v) is 10.3. The lowest BCUT2D eigenvalue weighted by Gasteiger charge is -2.34. The molecule has 0 bridgehead atoms. The van der Waals surface area contributed by atoms with Gasteiger partial charge in [-0.3, -0.25) is 14.9 Å². The number of nitro groups is 1. The zero-order valence-corrected chi connectivity index (χ0v) is 19.1. The molecular formula is C18H24N6O5S2. The van der Waals surface area contributed by atoms with E-state index >= 15 is 0 Å². The number of rotatable bonds is 7. The molecule has 168 valence electrons. The van der Waals surface area contributed by atoms with Crippen LogP contribution in [0.5, 0.6) is 0 Å². The summed E-state index contributed by atoms with van der Waals surface area (Å²) in [7, 11) is -2.01. The summed E-state index contributed by atoms with van der Waals surface area (Å²) < 4.78 is 28.8. The number of nitrogens with zero attached hydrogens (tertiary/aromatic N) is 6. The number of thioether (sulfide) groups is 1. The molecule has 0 saturated carbocycles. The Bertz CT molecular complexity index is 1080. The SMILES string of the molecule is CC(C)c1nnc(SCC(=O)N2CCN(S(=O)(=O)c3cccc([N+](=O)[O-])c3)CC2)n1C. The summed E-state index contributed by atoms with van der Waals surface area (Å²) in [5, 5.41) is 19.9. The van der Waals surface area contributed by atoms with Crippen molar-refractivity contribution in [3.8, 4) is 0 Å². The maximum atomic E-state index is 12.8. The average molecular weight is 469 g/mol. The minimum absolute atomic E-state index is 0.105. The third-order valence-electron chi connectivity index (χ3n) is 4.97. The molecule has 1 fully saturated rings. The van der Waals surface area contributed by atoms with Gasteiger partial charge in [-0.2, -0.15) is 4.31 Å². The van der Waals surface area contributed by atoms with Crippen molar-refractivity contribution >= 4 is 33.4 Å².